The molecule has 3 rings (SSSR count). The third-order valence-electron chi connectivity index (χ3n) is 4.73. The average molecular weight is 400 g/mol. The van der Waals surface area contributed by atoms with Crippen LogP contribution in [0.2, 0.25) is 0 Å². The van der Waals surface area contributed by atoms with Gasteiger partial charge in [0.2, 0.25) is 0 Å². The smallest absolute Gasteiger partial charge is 0.199 e. The molecule has 3 N–H and O–H groups in total. The lowest BCUT2D eigenvalue weighted by Gasteiger charge is -2.33. The van der Waals surface area contributed by atoms with Crippen molar-refractivity contribution < 1.29 is 13.5 Å². The molecule has 0 bridgehead atoms. The van der Waals surface area contributed by atoms with Crippen LogP contribution in [-0.2, 0) is 0 Å². The molecule has 0 amide bonds. The van der Waals surface area contributed by atoms with Gasteiger partial charge in [-0.2, -0.15) is 5.26 Å². The van der Waals surface area contributed by atoms with Crippen LogP contribution in [0.1, 0.15) is 37.9 Å². The fraction of sp³-hybridized carbons (Fsp3) is 0.400. The van der Waals surface area contributed by atoms with Crippen LogP contribution in [0.15, 0.2) is 24.5 Å². The van der Waals surface area contributed by atoms with Crippen molar-refractivity contribution in [2.45, 2.75) is 38.5 Å². The number of rotatable bonds is 5. The van der Waals surface area contributed by atoms with Crippen molar-refractivity contribution in [3.05, 3.63) is 41.6 Å². The molecule has 0 spiro atoms. The molecule has 0 aliphatic carbocycles. The number of benzene rings is 1. The van der Waals surface area contributed by atoms with Gasteiger partial charge >= 0.3 is 0 Å². The van der Waals surface area contributed by atoms with Crippen LogP contribution in [0.3, 0.4) is 0 Å². The number of nitrogens with one attached hydrogen (secondary N) is 1. The summed E-state index contributed by atoms with van der Waals surface area (Å²) in [7, 11) is 0. The Morgan fingerprint density at radius 1 is 1.31 bits per heavy atom. The van der Waals surface area contributed by atoms with Gasteiger partial charge < -0.3 is 15.4 Å². The number of nitrogen functional groups attached to an aromatic ring is 1. The van der Waals surface area contributed by atoms with Crippen LogP contribution in [0, 0.1) is 22.6 Å². The van der Waals surface area contributed by atoms with Gasteiger partial charge in [0.05, 0.1) is 17.5 Å². The average Bonchev–Trinajstić information content (AvgIpc) is 2.70. The molecule has 2 aromatic rings. The maximum atomic E-state index is 14.1. The van der Waals surface area contributed by atoms with Crippen LogP contribution < -0.4 is 15.4 Å². The number of alkyl halides is 1. The molecule has 29 heavy (non-hydrogen) atoms. The summed E-state index contributed by atoms with van der Waals surface area (Å²) in [5.74, 6) is -0.0641. The molecule has 152 valence electrons. The van der Waals surface area contributed by atoms with Crippen LogP contribution in [-0.4, -0.2) is 40.5 Å². The number of anilines is 2. The molecule has 1 fully saturated rings. The van der Waals surface area contributed by atoms with E-state index in [1.54, 1.807) is 26.0 Å². The summed E-state index contributed by atoms with van der Waals surface area (Å²) in [6.45, 7) is 4.21. The molecule has 9 heteroatoms. The molecule has 1 aromatic heterocycles. The summed E-state index contributed by atoms with van der Waals surface area (Å²) in [4.78, 5) is 10.2. The monoisotopic (exact) mass is 400 g/mol. The maximum absolute atomic E-state index is 14.1. The highest BCUT2D eigenvalue weighted by Gasteiger charge is 2.35. The highest BCUT2D eigenvalue weighted by atomic mass is 19.1. The zero-order valence-electron chi connectivity index (χ0n) is 16.2. The zero-order chi connectivity index (χ0) is 21.2. The second-order valence-electron chi connectivity index (χ2n) is 7.24. The Hall–Kier alpha value is -3.28. The number of halogens is 2. The van der Waals surface area contributed by atoms with Crippen LogP contribution in [0.25, 0.3) is 0 Å². The summed E-state index contributed by atoms with van der Waals surface area (Å²) >= 11 is 0. The lowest BCUT2D eigenvalue weighted by molar-refractivity contribution is 0.193. The first-order valence-electron chi connectivity index (χ1n) is 9.24. The number of hydrogen-bond acceptors (Lipinski definition) is 7. The molecule has 2 heterocycles. The van der Waals surface area contributed by atoms with Gasteiger partial charge in [-0.1, -0.05) is 0 Å². The molecule has 0 unspecified atom stereocenters. The highest BCUT2D eigenvalue weighted by Crippen LogP contribution is 2.29. The molecule has 1 aliphatic heterocycles. The maximum Gasteiger partial charge on any atom is 0.199 e. The Balaban J connectivity index is 1.86. The topological polar surface area (TPSA) is 112 Å². The summed E-state index contributed by atoms with van der Waals surface area (Å²) in [5.41, 5.74) is 4.78. The Kier molecular flexibility index (Phi) is 5.64. The van der Waals surface area contributed by atoms with Crippen molar-refractivity contribution in [3.8, 4) is 11.8 Å². The first-order chi connectivity index (χ1) is 13.7. The van der Waals surface area contributed by atoms with Gasteiger partial charge in [-0.25, -0.2) is 18.7 Å². The second-order valence-corrected chi connectivity index (χ2v) is 7.24. The molecule has 7 nitrogen and oxygen atoms in total. The number of nitrogens with zero attached hydrogens (tertiary/aromatic N) is 4. The highest BCUT2D eigenvalue weighted by molar-refractivity contribution is 6.13. The number of nitrogens with two attached hydrogens (primary N) is 1. The SMILES string of the molecule is CC(C)Oc1cc(C(=N)c2cc(N3CCC(F)(C#N)CC3)ncn2)c(N)cc1F. The van der Waals surface area contributed by atoms with Crippen molar-refractivity contribution in [1.82, 2.24) is 9.97 Å². The predicted molar refractivity (Wildman–Crippen MR) is 105 cm³/mol. The Labute approximate surface area is 167 Å². The summed E-state index contributed by atoms with van der Waals surface area (Å²) in [6, 6.07) is 5.83. The van der Waals surface area contributed by atoms with E-state index in [-0.39, 0.29) is 41.7 Å². The number of piperidine rings is 1. The van der Waals surface area contributed by atoms with Crippen LogP contribution in [0.5, 0.6) is 5.75 Å². The van der Waals surface area contributed by atoms with E-state index >= 15 is 0 Å². The molecular formula is C20H22F2N6O. The first kappa shape index (κ1) is 20.5. The lowest BCUT2D eigenvalue weighted by Crippen LogP contribution is -2.41. The van der Waals surface area contributed by atoms with E-state index in [0.29, 0.717) is 24.6 Å². The standard InChI is InChI=1S/C20H22F2N6O/c1-12(2)29-17-7-13(15(24)8-14(17)21)19(25)16-9-18(27-11-26-16)28-5-3-20(22,10-23)4-6-28/h7-9,11-12,25H,3-6,24H2,1-2H3. The number of aromatic nitrogens is 2. The van der Waals surface area contributed by atoms with E-state index in [1.807, 2.05) is 4.90 Å². The molecule has 0 saturated carbocycles. The van der Waals surface area contributed by atoms with E-state index in [0.717, 1.165) is 6.07 Å². The third-order valence-corrected chi connectivity index (χ3v) is 4.73. The van der Waals surface area contributed by atoms with Gasteiger partial charge in [-0.05, 0) is 19.9 Å². The van der Waals surface area contributed by atoms with Crippen LogP contribution in [0.4, 0.5) is 20.3 Å². The van der Waals surface area contributed by atoms with E-state index in [9.17, 15) is 8.78 Å². The van der Waals surface area contributed by atoms with Crippen LogP contribution >= 0.6 is 0 Å². The summed E-state index contributed by atoms with van der Waals surface area (Å²) in [5, 5.41) is 17.4. The zero-order valence-corrected chi connectivity index (χ0v) is 16.2. The van der Waals surface area contributed by atoms with E-state index < -0.39 is 11.5 Å². The molecular weight excluding hydrogens is 378 g/mol. The number of nitriles is 1. The molecule has 1 aromatic carbocycles. The molecule has 1 aliphatic rings. The van der Waals surface area contributed by atoms with E-state index in [4.69, 9.17) is 21.1 Å². The minimum absolute atomic E-state index is 0.00590. The minimum atomic E-state index is -1.81. The molecule has 0 radical (unpaired) electrons. The van der Waals surface area contributed by atoms with Gasteiger partial charge in [0, 0.05) is 49.3 Å². The molecule has 1 saturated heterocycles. The fourth-order valence-electron chi connectivity index (χ4n) is 3.13. The van der Waals surface area contributed by atoms with Gasteiger partial charge in [-0.3, -0.25) is 5.41 Å². The van der Waals surface area contributed by atoms with E-state index in [2.05, 4.69) is 9.97 Å². The van der Waals surface area contributed by atoms with Crippen molar-refractivity contribution >= 4 is 17.2 Å². The van der Waals surface area contributed by atoms with Gasteiger partial charge in [0.25, 0.3) is 0 Å². The summed E-state index contributed by atoms with van der Waals surface area (Å²) in [6.07, 6.45) is 1.24. The third kappa shape index (κ3) is 4.42. The largest absolute Gasteiger partial charge is 0.488 e. The van der Waals surface area contributed by atoms with Crippen molar-refractivity contribution in [1.29, 1.82) is 10.7 Å². The van der Waals surface area contributed by atoms with Crippen molar-refractivity contribution in [2.24, 2.45) is 0 Å². The number of ether oxygens (including phenoxy) is 1. The van der Waals surface area contributed by atoms with Crippen molar-refractivity contribution in [2.75, 3.05) is 23.7 Å². The predicted octanol–water partition coefficient (Wildman–Crippen LogP) is 3.23. The fourth-order valence-corrected chi connectivity index (χ4v) is 3.13. The Bertz CT molecular complexity index is 964. The second kappa shape index (κ2) is 7.99. The van der Waals surface area contributed by atoms with Gasteiger partial charge in [-0.15, -0.1) is 0 Å². The Morgan fingerprint density at radius 3 is 2.62 bits per heavy atom. The minimum Gasteiger partial charge on any atom is -0.488 e. The normalized spacial score (nSPS) is 15.8. The van der Waals surface area contributed by atoms with Gasteiger partial charge in [0.15, 0.2) is 17.2 Å². The quantitative estimate of drug-likeness (QED) is 0.589. The number of hydrogen-bond donors (Lipinski definition) is 2. The summed E-state index contributed by atoms with van der Waals surface area (Å²) < 4.78 is 33.7. The van der Waals surface area contributed by atoms with Gasteiger partial charge in [0.1, 0.15) is 18.2 Å². The lowest BCUT2D eigenvalue weighted by atomic mass is 9.95. The Morgan fingerprint density at radius 2 is 2.00 bits per heavy atom. The van der Waals surface area contributed by atoms with E-state index in [1.165, 1.54) is 12.4 Å². The molecule has 0 atom stereocenters. The first-order valence-corrected chi connectivity index (χ1v) is 9.24. The van der Waals surface area contributed by atoms with Crippen molar-refractivity contribution in [3.63, 3.8) is 0 Å².